The molecular formula is C23H33NO5. The number of Topliss-reactive ketones (excluding diaryl/α,β-unsaturated/α-hetero) is 1. The standard InChI is InChI=1S/C23H33NO5/c1-14(25)23(28)11-8-19-17-5-4-15-12-16(24-29-13-20(26)27)6-9-21(15,2)18(17)7-10-22(19,23)3/h12,17-19,28H,4-11,13H2,1-3H3,(H,26,27). The Kier molecular flexibility index (Phi) is 4.92. The minimum atomic E-state index is -1.16. The first-order valence-corrected chi connectivity index (χ1v) is 11.0. The highest BCUT2D eigenvalue weighted by Gasteiger charge is 2.65. The predicted octanol–water partition coefficient (Wildman–Crippen LogP) is 3.73. The van der Waals surface area contributed by atoms with E-state index < -0.39 is 18.2 Å². The molecule has 160 valence electrons. The molecule has 0 bridgehead atoms. The van der Waals surface area contributed by atoms with Crippen LogP contribution in [0.3, 0.4) is 0 Å². The van der Waals surface area contributed by atoms with E-state index in [1.165, 1.54) is 5.57 Å². The number of oxime groups is 1. The maximum Gasteiger partial charge on any atom is 0.344 e. The van der Waals surface area contributed by atoms with E-state index in [0.717, 1.165) is 50.7 Å². The first-order chi connectivity index (χ1) is 13.6. The molecule has 0 amide bonds. The van der Waals surface area contributed by atoms with Gasteiger partial charge in [-0.05, 0) is 87.5 Å². The molecule has 0 aromatic rings. The van der Waals surface area contributed by atoms with Crippen LogP contribution in [-0.4, -0.2) is 39.9 Å². The van der Waals surface area contributed by atoms with Crippen LogP contribution in [0.5, 0.6) is 0 Å². The van der Waals surface area contributed by atoms with Gasteiger partial charge in [-0.3, -0.25) is 4.79 Å². The van der Waals surface area contributed by atoms with Crippen LogP contribution in [0.4, 0.5) is 0 Å². The number of fused-ring (bicyclic) bond motifs is 5. The second-order valence-electron chi connectivity index (χ2n) is 10.2. The quantitative estimate of drug-likeness (QED) is 0.697. The van der Waals surface area contributed by atoms with Crippen molar-refractivity contribution in [3.05, 3.63) is 11.6 Å². The summed E-state index contributed by atoms with van der Waals surface area (Å²) in [5.41, 5.74) is 0.903. The van der Waals surface area contributed by atoms with Gasteiger partial charge in [0.05, 0.1) is 5.71 Å². The lowest BCUT2D eigenvalue weighted by molar-refractivity contribution is -0.159. The van der Waals surface area contributed by atoms with E-state index in [1.807, 2.05) is 0 Å². The molecule has 2 N–H and O–H groups in total. The SMILES string of the molecule is CC(=O)C1(O)CCC2C3CCC4=CC(=NOCC(=O)O)CCC4(C)C3CCC21C. The number of carbonyl (C=O) groups is 2. The van der Waals surface area contributed by atoms with E-state index in [9.17, 15) is 14.7 Å². The van der Waals surface area contributed by atoms with E-state index in [4.69, 9.17) is 9.94 Å². The Morgan fingerprint density at radius 3 is 2.55 bits per heavy atom. The maximum absolute atomic E-state index is 12.3. The van der Waals surface area contributed by atoms with Crippen molar-refractivity contribution in [2.45, 2.75) is 77.7 Å². The number of aliphatic carboxylic acids is 1. The Labute approximate surface area is 172 Å². The number of carboxylic acid groups (broad SMARTS) is 1. The minimum Gasteiger partial charge on any atom is -0.479 e. The van der Waals surface area contributed by atoms with Crippen LogP contribution in [0.25, 0.3) is 0 Å². The first-order valence-electron chi connectivity index (χ1n) is 11.0. The summed E-state index contributed by atoms with van der Waals surface area (Å²) >= 11 is 0. The maximum atomic E-state index is 12.3. The molecule has 0 spiro atoms. The molecule has 0 aromatic heterocycles. The normalized spacial score (nSPS) is 45.0. The summed E-state index contributed by atoms with van der Waals surface area (Å²) in [5, 5.41) is 24.0. The summed E-state index contributed by atoms with van der Waals surface area (Å²) in [6.45, 7) is 5.67. The highest BCUT2D eigenvalue weighted by atomic mass is 16.6. The Morgan fingerprint density at radius 1 is 1.14 bits per heavy atom. The van der Waals surface area contributed by atoms with Crippen molar-refractivity contribution in [1.29, 1.82) is 0 Å². The number of aliphatic hydroxyl groups is 1. The molecule has 0 saturated heterocycles. The third kappa shape index (κ3) is 2.97. The zero-order chi connectivity index (χ0) is 21.0. The Hall–Kier alpha value is -1.69. The second kappa shape index (κ2) is 6.93. The summed E-state index contributed by atoms with van der Waals surface area (Å²) in [5.74, 6) is 0.434. The summed E-state index contributed by atoms with van der Waals surface area (Å²) in [6, 6.07) is 0. The fourth-order valence-electron chi connectivity index (χ4n) is 7.41. The summed E-state index contributed by atoms with van der Waals surface area (Å²) in [4.78, 5) is 27.9. The minimum absolute atomic E-state index is 0.0663. The fraction of sp³-hybridized carbons (Fsp3) is 0.783. The van der Waals surface area contributed by atoms with Crippen molar-refractivity contribution in [3.63, 3.8) is 0 Å². The van der Waals surface area contributed by atoms with Crippen molar-refractivity contribution in [3.8, 4) is 0 Å². The van der Waals surface area contributed by atoms with Crippen molar-refractivity contribution >= 4 is 17.5 Å². The number of hydrogen-bond donors (Lipinski definition) is 2. The summed E-state index contributed by atoms with van der Waals surface area (Å²) in [6.07, 6.45) is 9.50. The summed E-state index contributed by atoms with van der Waals surface area (Å²) in [7, 11) is 0. The van der Waals surface area contributed by atoms with Gasteiger partial charge < -0.3 is 15.1 Å². The lowest BCUT2D eigenvalue weighted by atomic mass is 9.46. The predicted molar refractivity (Wildman–Crippen MR) is 108 cm³/mol. The third-order valence-electron chi connectivity index (χ3n) is 9.08. The Balaban J connectivity index is 1.57. The molecule has 6 heteroatoms. The van der Waals surface area contributed by atoms with Crippen LogP contribution in [0.1, 0.15) is 72.1 Å². The molecule has 29 heavy (non-hydrogen) atoms. The molecule has 0 radical (unpaired) electrons. The molecular weight excluding hydrogens is 370 g/mol. The van der Waals surface area contributed by atoms with Gasteiger partial charge in [-0.2, -0.15) is 0 Å². The van der Waals surface area contributed by atoms with E-state index in [0.29, 0.717) is 24.2 Å². The molecule has 4 rings (SSSR count). The number of carbonyl (C=O) groups excluding carboxylic acids is 1. The van der Waals surface area contributed by atoms with Crippen molar-refractivity contribution in [1.82, 2.24) is 0 Å². The molecule has 6 nitrogen and oxygen atoms in total. The molecule has 0 aliphatic heterocycles. The van der Waals surface area contributed by atoms with Gasteiger partial charge in [0.15, 0.2) is 5.78 Å². The molecule has 0 aromatic carbocycles. The zero-order valence-corrected chi connectivity index (χ0v) is 17.7. The van der Waals surface area contributed by atoms with Crippen molar-refractivity contribution in [2.75, 3.05) is 6.61 Å². The van der Waals surface area contributed by atoms with Gasteiger partial charge >= 0.3 is 5.97 Å². The number of hydrogen-bond acceptors (Lipinski definition) is 5. The van der Waals surface area contributed by atoms with Gasteiger partial charge in [0.25, 0.3) is 0 Å². The first kappa shape index (κ1) is 20.6. The number of carboxylic acids is 1. The Morgan fingerprint density at radius 2 is 1.86 bits per heavy atom. The lowest BCUT2D eigenvalue weighted by Crippen LogP contribution is -2.57. The van der Waals surface area contributed by atoms with Gasteiger partial charge in [-0.25, -0.2) is 4.79 Å². The molecule has 6 unspecified atom stereocenters. The van der Waals surface area contributed by atoms with Gasteiger partial charge in [-0.1, -0.05) is 24.6 Å². The van der Waals surface area contributed by atoms with Crippen LogP contribution in [0, 0.1) is 28.6 Å². The highest BCUT2D eigenvalue weighted by Crippen LogP contribution is 2.67. The highest BCUT2D eigenvalue weighted by molar-refractivity contribution is 5.96. The van der Waals surface area contributed by atoms with Crippen LogP contribution in [0.2, 0.25) is 0 Å². The number of nitrogens with zero attached hydrogens (tertiary/aromatic N) is 1. The molecule has 3 saturated carbocycles. The number of rotatable bonds is 4. The van der Waals surface area contributed by atoms with Gasteiger partial charge in [0, 0.05) is 5.41 Å². The smallest absolute Gasteiger partial charge is 0.344 e. The average Bonchev–Trinajstić information content (AvgIpc) is 2.94. The third-order valence-corrected chi connectivity index (χ3v) is 9.08. The molecule has 4 aliphatic rings. The van der Waals surface area contributed by atoms with Crippen LogP contribution in [-0.2, 0) is 14.4 Å². The lowest BCUT2D eigenvalue weighted by Gasteiger charge is -2.59. The summed E-state index contributed by atoms with van der Waals surface area (Å²) < 4.78 is 0. The second-order valence-corrected chi connectivity index (χ2v) is 10.2. The van der Waals surface area contributed by atoms with Crippen LogP contribution >= 0.6 is 0 Å². The molecule has 3 fully saturated rings. The molecule has 4 aliphatic carbocycles. The monoisotopic (exact) mass is 403 g/mol. The van der Waals surface area contributed by atoms with E-state index in [1.54, 1.807) is 6.92 Å². The largest absolute Gasteiger partial charge is 0.479 e. The average molecular weight is 404 g/mol. The van der Waals surface area contributed by atoms with Crippen LogP contribution < -0.4 is 0 Å². The zero-order valence-electron chi connectivity index (χ0n) is 17.7. The number of allylic oxidation sites excluding steroid dienone is 2. The van der Waals surface area contributed by atoms with Gasteiger partial charge in [-0.15, -0.1) is 0 Å². The van der Waals surface area contributed by atoms with E-state index in [-0.39, 0.29) is 16.6 Å². The molecule has 6 atom stereocenters. The Bertz CT molecular complexity index is 788. The topological polar surface area (TPSA) is 96.2 Å². The van der Waals surface area contributed by atoms with Crippen LogP contribution in [0.15, 0.2) is 16.8 Å². The van der Waals surface area contributed by atoms with Crippen molar-refractivity contribution in [2.24, 2.45) is 33.7 Å². The molecule has 0 heterocycles. The van der Waals surface area contributed by atoms with Gasteiger partial charge in [0.1, 0.15) is 5.60 Å². The fourth-order valence-corrected chi connectivity index (χ4v) is 7.41. The van der Waals surface area contributed by atoms with E-state index >= 15 is 0 Å². The van der Waals surface area contributed by atoms with Crippen molar-refractivity contribution < 1.29 is 24.6 Å². The number of ketones is 1. The van der Waals surface area contributed by atoms with E-state index in [2.05, 4.69) is 25.1 Å². The van der Waals surface area contributed by atoms with Gasteiger partial charge in [0.2, 0.25) is 6.61 Å².